The Balaban J connectivity index is 2.16. The highest BCUT2D eigenvalue weighted by Crippen LogP contribution is 2.42. The largest absolute Gasteiger partial charge is 0.507 e. The lowest BCUT2D eigenvalue weighted by Gasteiger charge is -2.27. The van der Waals surface area contributed by atoms with Crippen LogP contribution >= 0.6 is 11.6 Å². The highest BCUT2D eigenvalue weighted by Gasteiger charge is 2.46. The number of carbonyl (C=O) groups excluding carboxylic acids is 2. The molecule has 0 unspecified atom stereocenters. The van der Waals surface area contributed by atoms with Crippen LogP contribution in [0, 0.1) is 0 Å². The fraction of sp³-hybridized carbons (Fsp3) is 0.333. The van der Waals surface area contributed by atoms with Crippen molar-refractivity contribution in [1.29, 1.82) is 0 Å². The van der Waals surface area contributed by atoms with Crippen LogP contribution in [0.2, 0.25) is 5.02 Å². The van der Waals surface area contributed by atoms with E-state index in [1.165, 1.54) is 12.0 Å². The number of likely N-dealkylation sites (N-methyl/N-ethyl adjacent to an activating group) is 1. The van der Waals surface area contributed by atoms with Gasteiger partial charge in [-0.2, -0.15) is 0 Å². The molecule has 0 spiro atoms. The molecule has 32 heavy (non-hydrogen) atoms. The van der Waals surface area contributed by atoms with Crippen LogP contribution in [0.25, 0.3) is 5.76 Å². The lowest BCUT2D eigenvalue weighted by atomic mass is 9.95. The molecular formula is C24H27ClN2O5. The molecule has 3 rings (SSSR count). The lowest BCUT2D eigenvalue weighted by Crippen LogP contribution is -2.35. The molecular weight excluding hydrogens is 432 g/mol. The van der Waals surface area contributed by atoms with Gasteiger partial charge in [0.2, 0.25) is 0 Å². The second-order valence-electron chi connectivity index (χ2n) is 7.65. The normalized spacial score (nSPS) is 17.8. The summed E-state index contributed by atoms with van der Waals surface area (Å²) in [5, 5.41) is 11.6. The maximum atomic E-state index is 13.0. The number of methoxy groups -OCH3 is 1. The molecule has 1 heterocycles. The quantitative estimate of drug-likeness (QED) is 0.369. The molecule has 1 saturated heterocycles. The number of ether oxygens (including phenoxy) is 2. The van der Waals surface area contributed by atoms with Gasteiger partial charge in [0.05, 0.1) is 25.3 Å². The van der Waals surface area contributed by atoms with Gasteiger partial charge in [0.15, 0.2) is 11.5 Å². The molecule has 1 aliphatic rings. The van der Waals surface area contributed by atoms with Crippen molar-refractivity contribution < 1.29 is 24.2 Å². The Bertz CT molecular complexity index is 1030. The van der Waals surface area contributed by atoms with E-state index in [-0.39, 0.29) is 11.3 Å². The molecule has 1 atom stereocenters. The van der Waals surface area contributed by atoms with Gasteiger partial charge in [-0.05, 0) is 63.0 Å². The van der Waals surface area contributed by atoms with Crippen molar-refractivity contribution in [3.8, 4) is 11.5 Å². The molecule has 0 aliphatic carbocycles. The Morgan fingerprint density at radius 1 is 1.12 bits per heavy atom. The van der Waals surface area contributed by atoms with Crippen LogP contribution in [0.15, 0.2) is 48.0 Å². The van der Waals surface area contributed by atoms with E-state index in [0.717, 1.165) is 0 Å². The van der Waals surface area contributed by atoms with Gasteiger partial charge < -0.3 is 24.4 Å². The number of benzene rings is 2. The Kier molecular flexibility index (Phi) is 7.43. The number of halogens is 1. The smallest absolute Gasteiger partial charge is 0.295 e. The Morgan fingerprint density at radius 3 is 2.41 bits per heavy atom. The number of nitrogens with zero attached hydrogens (tertiary/aromatic N) is 2. The summed E-state index contributed by atoms with van der Waals surface area (Å²) in [5.41, 5.74) is 1.07. The first kappa shape index (κ1) is 23.6. The van der Waals surface area contributed by atoms with Gasteiger partial charge in [-0.1, -0.05) is 17.7 Å². The van der Waals surface area contributed by atoms with E-state index in [1.54, 1.807) is 42.5 Å². The van der Waals surface area contributed by atoms with E-state index >= 15 is 0 Å². The fourth-order valence-corrected chi connectivity index (χ4v) is 3.78. The van der Waals surface area contributed by atoms with E-state index in [1.807, 2.05) is 25.9 Å². The third kappa shape index (κ3) is 4.74. The van der Waals surface area contributed by atoms with Crippen LogP contribution in [0.4, 0.5) is 0 Å². The van der Waals surface area contributed by atoms with Crippen LogP contribution in [-0.4, -0.2) is 67.5 Å². The topological polar surface area (TPSA) is 79.3 Å². The number of hydrogen-bond donors (Lipinski definition) is 1. The summed E-state index contributed by atoms with van der Waals surface area (Å²) in [6.45, 7) is 3.21. The van der Waals surface area contributed by atoms with Crippen molar-refractivity contribution in [3.63, 3.8) is 0 Å². The van der Waals surface area contributed by atoms with Gasteiger partial charge in [0.25, 0.3) is 11.7 Å². The Morgan fingerprint density at radius 2 is 1.81 bits per heavy atom. The van der Waals surface area contributed by atoms with Gasteiger partial charge in [0.1, 0.15) is 5.76 Å². The highest BCUT2D eigenvalue weighted by molar-refractivity contribution is 6.46. The number of Topliss-reactive ketones (excluding diaryl/α,β-unsaturated/α-hetero) is 1. The summed E-state index contributed by atoms with van der Waals surface area (Å²) in [4.78, 5) is 29.4. The number of likely N-dealkylation sites (tertiary alicyclic amines) is 1. The first-order chi connectivity index (χ1) is 15.3. The first-order valence-corrected chi connectivity index (χ1v) is 10.7. The molecule has 1 fully saturated rings. The number of aliphatic hydroxyl groups excluding tert-OH is 1. The fourth-order valence-electron chi connectivity index (χ4n) is 3.66. The van der Waals surface area contributed by atoms with Crippen LogP contribution in [0.3, 0.4) is 0 Å². The SMILES string of the molecule is CCOc1ccc([C@@H]2C(=C(O)c3ccc(Cl)cc3)C(=O)C(=O)N2CCN(C)C)cc1OC. The second kappa shape index (κ2) is 10.1. The van der Waals surface area contributed by atoms with Crippen molar-refractivity contribution in [2.75, 3.05) is 40.9 Å². The minimum absolute atomic E-state index is 0.0299. The van der Waals surface area contributed by atoms with E-state index < -0.39 is 17.7 Å². The van der Waals surface area contributed by atoms with Crippen molar-refractivity contribution in [1.82, 2.24) is 9.80 Å². The van der Waals surface area contributed by atoms with Crippen molar-refractivity contribution in [3.05, 3.63) is 64.2 Å². The summed E-state index contributed by atoms with van der Waals surface area (Å²) in [6.07, 6.45) is 0. The highest BCUT2D eigenvalue weighted by atomic mass is 35.5. The number of hydrogen-bond acceptors (Lipinski definition) is 6. The summed E-state index contributed by atoms with van der Waals surface area (Å²) in [6, 6.07) is 10.9. The molecule has 0 saturated carbocycles. The van der Waals surface area contributed by atoms with E-state index in [2.05, 4.69) is 0 Å². The number of rotatable bonds is 8. The van der Waals surface area contributed by atoms with Gasteiger partial charge in [0, 0.05) is 23.7 Å². The van der Waals surface area contributed by atoms with E-state index in [9.17, 15) is 14.7 Å². The van der Waals surface area contributed by atoms with Crippen molar-refractivity contribution >= 4 is 29.1 Å². The van der Waals surface area contributed by atoms with Crippen molar-refractivity contribution in [2.45, 2.75) is 13.0 Å². The van der Waals surface area contributed by atoms with Crippen LogP contribution < -0.4 is 9.47 Å². The number of ketones is 1. The molecule has 0 radical (unpaired) electrons. The maximum absolute atomic E-state index is 13.0. The average Bonchev–Trinajstić information content (AvgIpc) is 3.03. The van der Waals surface area contributed by atoms with Crippen LogP contribution in [0.5, 0.6) is 11.5 Å². The summed E-state index contributed by atoms with van der Waals surface area (Å²) in [5.74, 6) is -0.588. The minimum atomic E-state index is -0.768. The van der Waals surface area contributed by atoms with Crippen LogP contribution in [0.1, 0.15) is 24.1 Å². The van der Waals surface area contributed by atoms with Gasteiger partial charge in [-0.3, -0.25) is 9.59 Å². The standard InChI is InChI=1S/C24H27ClN2O5/c1-5-32-18-11-8-16(14-19(18)31-4)21-20(22(28)15-6-9-17(25)10-7-15)23(29)24(30)27(21)13-12-26(2)3/h6-11,14,21,28H,5,12-13H2,1-4H3/t21-/m1/s1. The molecule has 8 heteroatoms. The molecule has 0 bridgehead atoms. The van der Waals surface area contributed by atoms with E-state index in [0.29, 0.717) is 47.3 Å². The Hall–Kier alpha value is -3.03. The molecule has 2 aromatic rings. The number of aliphatic hydroxyl groups is 1. The molecule has 0 aromatic heterocycles. The third-order valence-corrected chi connectivity index (χ3v) is 5.50. The lowest BCUT2D eigenvalue weighted by molar-refractivity contribution is -0.140. The Labute approximate surface area is 192 Å². The maximum Gasteiger partial charge on any atom is 0.295 e. The second-order valence-corrected chi connectivity index (χ2v) is 8.08. The third-order valence-electron chi connectivity index (χ3n) is 5.25. The van der Waals surface area contributed by atoms with E-state index in [4.69, 9.17) is 21.1 Å². The average molecular weight is 459 g/mol. The predicted octanol–water partition coefficient (Wildman–Crippen LogP) is 3.73. The number of amides is 1. The molecule has 2 aromatic carbocycles. The first-order valence-electron chi connectivity index (χ1n) is 10.3. The monoisotopic (exact) mass is 458 g/mol. The molecule has 1 amide bonds. The summed E-state index contributed by atoms with van der Waals surface area (Å²) >= 11 is 5.96. The minimum Gasteiger partial charge on any atom is -0.507 e. The summed E-state index contributed by atoms with van der Waals surface area (Å²) in [7, 11) is 5.30. The molecule has 170 valence electrons. The van der Waals surface area contributed by atoms with Gasteiger partial charge in [-0.15, -0.1) is 0 Å². The van der Waals surface area contributed by atoms with Crippen molar-refractivity contribution in [2.24, 2.45) is 0 Å². The molecule has 1 aliphatic heterocycles. The van der Waals surface area contributed by atoms with Gasteiger partial charge in [-0.25, -0.2) is 0 Å². The van der Waals surface area contributed by atoms with Crippen LogP contribution in [-0.2, 0) is 9.59 Å². The number of carbonyl (C=O) groups is 2. The predicted molar refractivity (Wildman–Crippen MR) is 123 cm³/mol. The zero-order valence-corrected chi connectivity index (χ0v) is 19.3. The van der Waals surface area contributed by atoms with Gasteiger partial charge >= 0.3 is 0 Å². The zero-order valence-electron chi connectivity index (χ0n) is 18.6. The zero-order chi connectivity index (χ0) is 23.4. The molecule has 1 N–H and O–H groups in total. The molecule has 7 nitrogen and oxygen atoms in total. The summed E-state index contributed by atoms with van der Waals surface area (Å²) < 4.78 is 11.1.